The molecule has 1 atom stereocenters. The van der Waals surface area contributed by atoms with Crippen LogP contribution >= 0.6 is 0 Å². The van der Waals surface area contributed by atoms with Crippen LogP contribution in [0.15, 0.2) is 35.2 Å². The van der Waals surface area contributed by atoms with Crippen molar-refractivity contribution in [1.82, 2.24) is 4.72 Å². The monoisotopic (exact) mass is 311 g/mol. The Hall–Kier alpha value is -1.66. The van der Waals surface area contributed by atoms with Crippen molar-refractivity contribution in [3.05, 3.63) is 35.9 Å². The van der Waals surface area contributed by atoms with Crippen molar-refractivity contribution in [2.45, 2.75) is 44.0 Å². The van der Waals surface area contributed by atoms with Crippen LogP contribution in [0.5, 0.6) is 0 Å². The lowest BCUT2D eigenvalue weighted by Gasteiger charge is -2.14. The van der Waals surface area contributed by atoms with E-state index in [0.717, 1.165) is 25.3 Å². The van der Waals surface area contributed by atoms with Gasteiger partial charge >= 0.3 is 5.97 Å². The van der Waals surface area contributed by atoms with E-state index in [9.17, 15) is 13.2 Å². The Morgan fingerprint density at radius 2 is 2.14 bits per heavy atom. The van der Waals surface area contributed by atoms with Crippen molar-refractivity contribution in [1.29, 1.82) is 0 Å². The van der Waals surface area contributed by atoms with Crippen LogP contribution in [0.25, 0.3) is 6.08 Å². The number of hydrogen-bond donors (Lipinski definition) is 2. The van der Waals surface area contributed by atoms with Crippen molar-refractivity contribution in [3.8, 4) is 0 Å². The average molecular weight is 311 g/mol. The number of sulfonamides is 1. The maximum absolute atomic E-state index is 12.2. The van der Waals surface area contributed by atoms with E-state index < -0.39 is 16.0 Å². The molecule has 0 aliphatic carbocycles. The highest BCUT2D eigenvalue weighted by molar-refractivity contribution is 7.89. The topological polar surface area (TPSA) is 83.5 Å². The zero-order chi connectivity index (χ0) is 15.9. The quantitative estimate of drug-likeness (QED) is 0.723. The van der Waals surface area contributed by atoms with E-state index in [0.29, 0.717) is 5.56 Å². The minimum absolute atomic E-state index is 0.131. The molecule has 1 unspecified atom stereocenters. The summed E-state index contributed by atoms with van der Waals surface area (Å²) in [4.78, 5) is 10.6. The number of carboxylic acid groups (broad SMARTS) is 1. The number of carbonyl (C=O) groups is 1. The molecule has 0 aliphatic heterocycles. The summed E-state index contributed by atoms with van der Waals surface area (Å²) in [5, 5.41) is 8.59. The van der Waals surface area contributed by atoms with E-state index >= 15 is 0 Å². The summed E-state index contributed by atoms with van der Waals surface area (Å²) >= 11 is 0. The van der Waals surface area contributed by atoms with Gasteiger partial charge in [-0.25, -0.2) is 17.9 Å². The van der Waals surface area contributed by atoms with Gasteiger partial charge in [-0.2, -0.15) is 0 Å². The lowest BCUT2D eigenvalue weighted by atomic mass is 10.2. The standard InChI is InChI=1S/C15H21NO4S/c1-3-4-6-12(2)16-21(19,20)14-8-5-7-13(11-14)9-10-15(17)18/h5,7-12,16H,3-4,6H2,1-2H3,(H,17,18). The van der Waals surface area contributed by atoms with E-state index in [-0.39, 0.29) is 10.9 Å². The van der Waals surface area contributed by atoms with Gasteiger partial charge in [0.15, 0.2) is 0 Å². The second-order valence-corrected chi connectivity index (χ2v) is 6.62. The average Bonchev–Trinajstić information content (AvgIpc) is 2.43. The summed E-state index contributed by atoms with van der Waals surface area (Å²) in [7, 11) is -3.58. The Morgan fingerprint density at radius 3 is 2.76 bits per heavy atom. The third kappa shape index (κ3) is 6.10. The van der Waals surface area contributed by atoms with Crippen LogP contribution in [-0.2, 0) is 14.8 Å². The van der Waals surface area contributed by atoms with Gasteiger partial charge in [0.1, 0.15) is 0 Å². The van der Waals surface area contributed by atoms with Crippen molar-refractivity contribution in [2.24, 2.45) is 0 Å². The Kier molecular flexibility index (Phi) is 6.58. The van der Waals surface area contributed by atoms with Crippen molar-refractivity contribution < 1.29 is 18.3 Å². The van der Waals surface area contributed by atoms with E-state index in [1.807, 2.05) is 6.92 Å². The van der Waals surface area contributed by atoms with E-state index in [4.69, 9.17) is 5.11 Å². The first kappa shape index (κ1) is 17.4. The molecule has 5 nitrogen and oxygen atoms in total. The first-order valence-electron chi connectivity index (χ1n) is 6.88. The van der Waals surface area contributed by atoms with Crippen LogP contribution in [0.2, 0.25) is 0 Å². The Labute approximate surface area is 125 Å². The number of aliphatic carboxylic acids is 1. The van der Waals surface area contributed by atoms with Gasteiger partial charge in [0.25, 0.3) is 0 Å². The van der Waals surface area contributed by atoms with Gasteiger partial charge in [-0.1, -0.05) is 31.9 Å². The molecule has 2 N–H and O–H groups in total. The van der Waals surface area contributed by atoms with Crippen molar-refractivity contribution in [2.75, 3.05) is 0 Å². The molecule has 0 saturated heterocycles. The van der Waals surface area contributed by atoms with Crippen molar-refractivity contribution in [3.63, 3.8) is 0 Å². The van der Waals surface area contributed by atoms with E-state index in [1.54, 1.807) is 12.1 Å². The Morgan fingerprint density at radius 1 is 1.43 bits per heavy atom. The molecule has 0 bridgehead atoms. The minimum Gasteiger partial charge on any atom is -0.478 e. The Balaban J connectivity index is 2.88. The molecule has 6 heteroatoms. The first-order valence-corrected chi connectivity index (χ1v) is 8.37. The molecule has 1 aromatic rings. The zero-order valence-electron chi connectivity index (χ0n) is 12.2. The second-order valence-electron chi connectivity index (χ2n) is 4.91. The molecule has 0 fully saturated rings. The molecule has 0 spiro atoms. The van der Waals surface area contributed by atoms with E-state index in [2.05, 4.69) is 11.6 Å². The predicted molar refractivity (Wildman–Crippen MR) is 82.4 cm³/mol. The zero-order valence-corrected chi connectivity index (χ0v) is 13.1. The largest absolute Gasteiger partial charge is 0.478 e. The molecule has 0 radical (unpaired) electrons. The smallest absolute Gasteiger partial charge is 0.328 e. The number of unbranched alkanes of at least 4 members (excludes halogenated alkanes) is 1. The fourth-order valence-electron chi connectivity index (χ4n) is 1.86. The third-order valence-corrected chi connectivity index (χ3v) is 4.52. The normalized spacial score (nSPS) is 13.4. The summed E-state index contributed by atoms with van der Waals surface area (Å²) in [5.74, 6) is -1.07. The number of hydrogen-bond acceptors (Lipinski definition) is 3. The van der Waals surface area contributed by atoms with Gasteiger partial charge in [-0.3, -0.25) is 0 Å². The summed E-state index contributed by atoms with van der Waals surface area (Å²) in [5.41, 5.74) is 0.529. The molecule has 0 aliphatic rings. The minimum atomic E-state index is -3.58. The molecule has 0 aromatic heterocycles. The molecule has 0 amide bonds. The summed E-state index contributed by atoms with van der Waals surface area (Å²) in [6, 6.07) is 6.06. The fraction of sp³-hybridized carbons (Fsp3) is 0.400. The number of nitrogens with one attached hydrogen (secondary N) is 1. The maximum Gasteiger partial charge on any atom is 0.328 e. The lowest BCUT2D eigenvalue weighted by Crippen LogP contribution is -2.32. The summed E-state index contributed by atoms with van der Waals surface area (Å²) < 4.78 is 27.1. The van der Waals surface area contributed by atoms with Gasteiger partial charge in [-0.05, 0) is 37.1 Å². The molecule has 1 rings (SSSR count). The molecule has 0 saturated carbocycles. The van der Waals surface area contributed by atoms with Crippen LogP contribution in [0.3, 0.4) is 0 Å². The Bertz CT molecular complexity index is 608. The summed E-state index contributed by atoms with van der Waals surface area (Å²) in [6.45, 7) is 3.89. The van der Waals surface area contributed by atoms with Crippen LogP contribution in [0.4, 0.5) is 0 Å². The van der Waals surface area contributed by atoms with Crippen LogP contribution < -0.4 is 4.72 Å². The molecule has 1 aromatic carbocycles. The molecular weight excluding hydrogens is 290 g/mol. The number of benzene rings is 1. The molecular formula is C15H21NO4S. The second kappa shape index (κ2) is 7.95. The van der Waals surface area contributed by atoms with Crippen LogP contribution in [-0.4, -0.2) is 25.5 Å². The van der Waals surface area contributed by atoms with Gasteiger partial charge in [0.05, 0.1) is 4.90 Å². The SMILES string of the molecule is CCCCC(C)NS(=O)(=O)c1cccc(C=CC(=O)O)c1. The van der Waals surface area contributed by atoms with Gasteiger partial charge in [0.2, 0.25) is 10.0 Å². The number of rotatable bonds is 8. The first-order chi connectivity index (χ1) is 9.85. The highest BCUT2D eigenvalue weighted by Gasteiger charge is 2.17. The number of carboxylic acids is 1. The summed E-state index contributed by atoms with van der Waals surface area (Å²) in [6.07, 6.45) is 5.10. The van der Waals surface area contributed by atoms with Crippen LogP contribution in [0.1, 0.15) is 38.7 Å². The fourth-order valence-corrected chi connectivity index (χ4v) is 3.19. The van der Waals surface area contributed by atoms with Crippen LogP contribution in [0, 0.1) is 0 Å². The third-order valence-electron chi connectivity index (χ3n) is 2.93. The van der Waals surface area contributed by atoms with Gasteiger partial charge in [0, 0.05) is 12.1 Å². The molecule has 116 valence electrons. The highest BCUT2D eigenvalue weighted by atomic mass is 32.2. The van der Waals surface area contributed by atoms with Crippen molar-refractivity contribution >= 4 is 22.1 Å². The predicted octanol–water partition coefficient (Wildman–Crippen LogP) is 2.64. The van der Waals surface area contributed by atoms with Gasteiger partial charge in [-0.15, -0.1) is 0 Å². The molecule has 0 heterocycles. The highest BCUT2D eigenvalue weighted by Crippen LogP contribution is 2.14. The molecule has 21 heavy (non-hydrogen) atoms. The maximum atomic E-state index is 12.2. The van der Waals surface area contributed by atoms with E-state index in [1.165, 1.54) is 18.2 Å². The van der Waals surface area contributed by atoms with Gasteiger partial charge < -0.3 is 5.11 Å². The lowest BCUT2D eigenvalue weighted by molar-refractivity contribution is -0.131.